The van der Waals surface area contributed by atoms with Crippen LogP contribution in [0.2, 0.25) is 0 Å². The third kappa shape index (κ3) is 5.43. The summed E-state index contributed by atoms with van der Waals surface area (Å²) in [5.74, 6) is 0. The molecular weight excluding hydrogens is 332 g/mol. The first kappa shape index (κ1) is 18.7. The van der Waals surface area contributed by atoms with Crippen molar-refractivity contribution in [2.24, 2.45) is 0 Å². The van der Waals surface area contributed by atoms with Crippen molar-refractivity contribution in [2.45, 2.75) is 6.42 Å². The molecular formula is C11H16N4O7S. The van der Waals surface area contributed by atoms with E-state index < -0.39 is 31.3 Å². The van der Waals surface area contributed by atoms with Crippen molar-refractivity contribution in [3.05, 3.63) is 37.9 Å². The number of nitrogens with zero attached hydrogens (tertiary/aromatic N) is 3. The van der Waals surface area contributed by atoms with Gasteiger partial charge in [0.1, 0.15) is 0 Å². The summed E-state index contributed by atoms with van der Waals surface area (Å²) < 4.78 is 25.9. The number of benzene rings is 1. The van der Waals surface area contributed by atoms with E-state index in [0.717, 1.165) is 6.26 Å². The number of nitro benzene ring substituents is 2. The second-order valence-corrected chi connectivity index (χ2v) is 6.40. The smallest absolute Gasteiger partial charge is 0.299 e. The fraction of sp³-hybridized carbons (Fsp3) is 0.455. The summed E-state index contributed by atoms with van der Waals surface area (Å²) in [7, 11) is -0.736. The summed E-state index contributed by atoms with van der Waals surface area (Å²) >= 11 is 0. The molecule has 0 unspecified atom stereocenters. The highest BCUT2D eigenvalue weighted by atomic mass is 32.2. The van der Waals surface area contributed by atoms with Crippen LogP contribution in [0.5, 0.6) is 0 Å². The van der Waals surface area contributed by atoms with Crippen LogP contribution in [0.3, 0.4) is 0 Å². The number of rotatable bonds is 8. The van der Waals surface area contributed by atoms with E-state index in [1.54, 1.807) is 0 Å². The van der Waals surface area contributed by atoms with E-state index in [-0.39, 0.29) is 18.7 Å². The van der Waals surface area contributed by atoms with E-state index >= 15 is 0 Å². The predicted octanol–water partition coefficient (Wildman–Crippen LogP) is 0.592. The standard InChI is InChI=1S/C11H16N4O7S/c1-13(2)11-9(14(16)17)6-8(7-10(11)15(18)19)4-5-12-22-23(3,20)21/h6-7,12H,4-5H2,1-3H3. The molecule has 0 atom stereocenters. The number of anilines is 1. The van der Waals surface area contributed by atoms with Gasteiger partial charge < -0.3 is 4.90 Å². The van der Waals surface area contributed by atoms with Crippen molar-refractivity contribution in [1.29, 1.82) is 0 Å². The van der Waals surface area contributed by atoms with E-state index in [9.17, 15) is 28.6 Å². The van der Waals surface area contributed by atoms with Crippen LogP contribution in [0.1, 0.15) is 5.56 Å². The summed E-state index contributed by atoms with van der Waals surface area (Å²) in [5.41, 5.74) is 1.57. The summed E-state index contributed by atoms with van der Waals surface area (Å²) in [6, 6.07) is 2.43. The molecule has 0 bridgehead atoms. The van der Waals surface area contributed by atoms with E-state index in [0.29, 0.717) is 5.56 Å². The maximum atomic E-state index is 11.2. The molecule has 0 saturated heterocycles. The Balaban J connectivity index is 3.10. The van der Waals surface area contributed by atoms with Crippen molar-refractivity contribution in [1.82, 2.24) is 5.48 Å². The first-order chi connectivity index (χ1) is 10.5. The molecule has 0 aliphatic rings. The van der Waals surface area contributed by atoms with Gasteiger partial charge in [0.15, 0.2) is 5.69 Å². The third-order valence-electron chi connectivity index (χ3n) is 2.70. The molecule has 1 aromatic carbocycles. The minimum atomic E-state index is -3.67. The second-order valence-electron chi connectivity index (χ2n) is 4.82. The zero-order chi connectivity index (χ0) is 17.8. The average molecular weight is 348 g/mol. The van der Waals surface area contributed by atoms with Crippen molar-refractivity contribution >= 4 is 27.2 Å². The second kappa shape index (κ2) is 7.30. The fourth-order valence-electron chi connectivity index (χ4n) is 1.89. The quantitative estimate of drug-likeness (QED) is 0.405. The number of nitrogens with one attached hydrogen (secondary N) is 1. The van der Waals surface area contributed by atoms with Gasteiger partial charge in [0.2, 0.25) is 0 Å². The topological polar surface area (TPSA) is 145 Å². The molecule has 1 aromatic rings. The van der Waals surface area contributed by atoms with Crippen LogP contribution in [0, 0.1) is 20.2 Å². The molecule has 128 valence electrons. The number of nitro groups is 2. The lowest BCUT2D eigenvalue weighted by molar-refractivity contribution is -0.392. The molecule has 23 heavy (non-hydrogen) atoms. The molecule has 0 aromatic heterocycles. The number of hydroxylamine groups is 1. The van der Waals surface area contributed by atoms with E-state index in [1.165, 1.54) is 31.1 Å². The average Bonchev–Trinajstić information content (AvgIpc) is 2.41. The maximum absolute atomic E-state index is 11.2. The Morgan fingerprint density at radius 2 is 1.65 bits per heavy atom. The molecule has 1 rings (SSSR count). The first-order valence-electron chi connectivity index (χ1n) is 6.27. The minimum Gasteiger partial charge on any atom is -0.366 e. The summed E-state index contributed by atoms with van der Waals surface area (Å²) in [4.78, 5) is 22.2. The molecule has 0 aliphatic heterocycles. The monoisotopic (exact) mass is 348 g/mol. The fourth-order valence-corrected chi connectivity index (χ4v) is 2.18. The highest BCUT2D eigenvalue weighted by Gasteiger charge is 2.28. The van der Waals surface area contributed by atoms with Gasteiger partial charge in [0.25, 0.3) is 21.5 Å². The van der Waals surface area contributed by atoms with Crippen LogP contribution in [-0.2, 0) is 20.8 Å². The van der Waals surface area contributed by atoms with Gasteiger partial charge in [0, 0.05) is 32.8 Å². The minimum absolute atomic E-state index is 0.00267. The molecule has 1 N–H and O–H groups in total. The molecule has 12 heteroatoms. The van der Waals surface area contributed by atoms with Gasteiger partial charge in [-0.25, -0.2) is 0 Å². The SMILES string of the molecule is CN(C)c1c([N+](=O)[O-])cc(CCNOS(C)(=O)=O)cc1[N+](=O)[O-]. The number of hydrogen-bond donors (Lipinski definition) is 1. The Bertz CT molecular complexity index is 682. The molecule has 11 nitrogen and oxygen atoms in total. The summed E-state index contributed by atoms with van der Waals surface area (Å²) in [6.07, 6.45) is 0.951. The van der Waals surface area contributed by atoms with Gasteiger partial charge in [-0.05, 0) is 12.0 Å². The normalized spacial score (nSPS) is 11.3. The van der Waals surface area contributed by atoms with Gasteiger partial charge >= 0.3 is 0 Å². The largest absolute Gasteiger partial charge is 0.366 e. The van der Waals surface area contributed by atoms with Gasteiger partial charge in [-0.3, -0.25) is 20.2 Å². The Kier molecular flexibility index (Phi) is 5.95. The first-order valence-corrected chi connectivity index (χ1v) is 8.09. The van der Waals surface area contributed by atoms with Gasteiger partial charge in [0.05, 0.1) is 16.1 Å². The Morgan fingerprint density at radius 3 is 2.00 bits per heavy atom. The highest BCUT2D eigenvalue weighted by molar-refractivity contribution is 7.85. The Hall–Kier alpha value is -2.31. The molecule has 0 radical (unpaired) electrons. The third-order valence-corrected chi connectivity index (χ3v) is 3.12. The molecule has 0 spiro atoms. The number of hydrogen-bond acceptors (Lipinski definition) is 9. The molecule has 0 aliphatic carbocycles. The van der Waals surface area contributed by atoms with Crippen molar-refractivity contribution in [3.8, 4) is 0 Å². The lowest BCUT2D eigenvalue weighted by atomic mass is 10.1. The van der Waals surface area contributed by atoms with Crippen LogP contribution in [-0.4, -0.2) is 45.2 Å². The lowest BCUT2D eigenvalue weighted by Gasteiger charge is -2.14. The van der Waals surface area contributed by atoms with Crippen LogP contribution < -0.4 is 10.4 Å². The molecule has 0 heterocycles. The van der Waals surface area contributed by atoms with Crippen molar-refractivity contribution < 1.29 is 22.5 Å². The Labute approximate surface area is 132 Å². The molecule has 0 saturated carbocycles. The lowest BCUT2D eigenvalue weighted by Crippen LogP contribution is -2.22. The maximum Gasteiger partial charge on any atom is 0.299 e. The summed E-state index contributed by atoms with van der Waals surface area (Å²) in [5, 5.41) is 22.3. The van der Waals surface area contributed by atoms with Crippen molar-refractivity contribution in [2.75, 3.05) is 31.8 Å². The van der Waals surface area contributed by atoms with Gasteiger partial charge in [-0.15, -0.1) is 0 Å². The zero-order valence-corrected chi connectivity index (χ0v) is 13.5. The highest BCUT2D eigenvalue weighted by Crippen LogP contribution is 2.37. The molecule has 0 fully saturated rings. The van der Waals surface area contributed by atoms with Crippen molar-refractivity contribution in [3.63, 3.8) is 0 Å². The Morgan fingerprint density at radius 1 is 1.17 bits per heavy atom. The molecule has 0 amide bonds. The van der Waals surface area contributed by atoms with Crippen LogP contribution >= 0.6 is 0 Å². The van der Waals surface area contributed by atoms with Gasteiger partial charge in [-0.1, -0.05) is 0 Å². The van der Waals surface area contributed by atoms with Crippen LogP contribution in [0.25, 0.3) is 0 Å². The predicted molar refractivity (Wildman–Crippen MR) is 81.7 cm³/mol. The zero-order valence-electron chi connectivity index (χ0n) is 12.7. The van der Waals surface area contributed by atoms with E-state index in [2.05, 4.69) is 9.76 Å². The van der Waals surface area contributed by atoms with Crippen LogP contribution in [0.15, 0.2) is 12.1 Å². The van der Waals surface area contributed by atoms with Gasteiger partial charge in [-0.2, -0.15) is 18.2 Å². The van der Waals surface area contributed by atoms with E-state index in [4.69, 9.17) is 0 Å². The van der Waals surface area contributed by atoms with Crippen LogP contribution in [0.4, 0.5) is 17.1 Å². The van der Waals surface area contributed by atoms with E-state index in [1.807, 2.05) is 0 Å². The summed E-state index contributed by atoms with van der Waals surface area (Å²) in [6.45, 7) is 0.00267.